The molecule has 0 saturated carbocycles. The van der Waals surface area contributed by atoms with Gasteiger partial charge in [-0.3, -0.25) is 24.2 Å². The molecule has 8 nitrogen and oxygen atoms in total. The number of benzene rings is 1. The monoisotopic (exact) mass is 420 g/mol. The summed E-state index contributed by atoms with van der Waals surface area (Å²) in [6.07, 6.45) is 3.85. The summed E-state index contributed by atoms with van der Waals surface area (Å²) < 4.78 is 1.63. The van der Waals surface area contributed by atoms with Crippen molar-refractivity contribution in [1.82, 2.24) is 19.7 Å². The number of nitrogens with one attached hydrogen (secondary N) is 1. The second-order valence-corrected chi connectivity index (χ2v) is 7.70. The van der Waals surface area contributed by atoms with Gasteiger partial charge in [0, 0.05) is 37.1 Å². The van der Waals surface area contributed by atoms with E-state index in [0.29, 0.717) is 12.2 Å². The Morgan fingerprint density at radius 2 is 1.81 bits per heavy atom. The number of hydrogen-bond donors (Lipinski definition) is 2. The van der Waals surface area contributed by atoms with Gasteiger partial charge in [-0.15, -0.1) is 0 Å². The molecule has 1 atom stereocenters. The number of carbonyl (C=O) groups excluding carboxylic acids is 2. The van der Waals surface area contributed by atoms with Crippen LogP contribution in [0.4, 0.5) is 5.82 Å². The summed E-state index contributed by atoms with van der Waals surface area (Å²) in [6.45, 7) is 3.88. The molecular weight excluding hydrogens is 392 g/mol. The molecule has 0 aliphatic carbocycles. The fraction of sp³-hybridized carbons (Fsp3) is 0.304. The van der Waals surface area contributed by atoms with Crippen LogP contribution in [-0.2, 0) is 23.1 Å². The van der Waals surface area contributed by atoms with Gasteiger partial charge in [0.05, 0.1) is 18.3 Å². The van der Waals surface area contributed by atoms with E-state index < -0.39 is 11.9 Å². The van der Waals surface area contributed by atoms with E-state index in [1.165, 1.54) is 0 Å². The second-order valence-electron chi connectivity index (χ2n) is 7.70. The van der Waals surface area contributed by atoms with Gasteiger partial charge in [0.25, 0.3) is 0 Å². The van der Waals surface area contributed by atoms with Crippen molar-refractivity contribution in [2.45, 2.75) is 32.4 Å². The average molecular weight is 421 g/mol. The lowest BCUT2D eigenvalue weighted by Gasteiger charge is -2.33. The van der Waals surface area contributed by atoms with E-state index >= 15 is 0 Å². The highest BCUT2D eigenvalue weighted by molar-refractivity contribution is 5.95. The van der Waals surface area contributed by atoms with Gasteiger partial charge in [-0.1, -0.05) is 30.3 Å². The fourth-order valence-electron chi connectivity index (χ4n) is 3.49. The first-order valence-electron chi connectivity index (χ1n) is 10.2. The first kappa shape index (κ1) is 22.2. The zero-order valence-electron chi connectivity index (χ0n) is 18.0. The third kappa shape index (κ3) is 5.76. The van der Waals surface area contributed by atoms with Crippen LogP contribution in [0, 0.1) is 0 Å². The van der Waals surface area contributed by atoms with Crippen LogP contribution < -0.4 is 11.1 Å². The molecule has 3 aromatic rings. The van der Waals surface area contributed by atoms with Crippen molar-refractivity contribution in [2.75, 3.05) is 11.9 Å². The molecule has 0 aliphatic rings. The Hall–Kier alpha value is -3.52. The van der Waals surface area contributed by atoms with Gasteiger partial charge >= 0.3 is 0 Å². The number of carbonyl (C=O) groups is 2. The van der Waals surface area contributed by atoms with E-state index in [1.807, 2.05) is 67.3 Å². The Balaban J connectivity index is 1.87. The molecule has 2 amide bonds. The van der Waals surface area contributed by atoms with Gasteiger partial charge in [0.1, 0.15) is 5.82 Å². The molecule has 8 heteroatoms. The highest BCUT2D eigenvalue weighted by Crippen LogP contribution is 2.22. The fourth-order valence-corrected chi connectivity index (χ4v) is 3.49. The van der Waals surface area contributed by atoms with Gasteiger partial charge in [0.2, 0.25) is 11.8 Å². The Kier molecular flexibility index (Phi) is 7.15. The number of hydrogen-bond acceptors (Lipinski definition) is 5. The molecule has 0 spiro atoms. The smallest absolute Gasteiger partial charge is 0.243 e. The Bertz CT molecular complexity index is 1020. The number of aryl methyl sites for hydroxylation is 1. The van der Waals surface area contributed by atoms with E-state index in [2.05, 4.69) is 15.4 Å². The SMILES string of the molecule is CC(C)N(CC(N)=O)[C@@H](Cc1ccccc1)C(=O)Nc1cc(-c2ccncc2)nn1C. The van der Waals surface area contributed by atoms with Crippen LogP contribution >= 0.6 is 0 Å². The number of anilines is 1. The molecule has 0 aliphatic heterocycles. The lowest BCUT2D eigenvalue weighted by molar-refractivity contribution is -0.125. The van der Waals surface area contributed by atoms with Gasteiger partial charge in [0.15, 0.2) is 0 Å². The predicted molar refractivity (Wildman–Crippen MR) is 120 cm³/mol. The number of primary amides is 1. The van der Waals surface area contributed by atoms with Crippen LogP contribution in [-0.4, -0.2) is 50.1 Å². The predicted octanol–water partition coefficient (Wildman–Crippen LogP) is 2.23. The maximum atomic E-state index is 13.4. The highest BCUT2D eigenvalue weighted by atomic mass is 16.2. The summed E-state index contributed by atoms with van der Waals surface area (Å²) in [4.78, 5) is 30.9. The average Bonchev–Trinajstić information content (AvgIpc) is 3.12. The summed E-state index contributed by atoms with van der Waals surface area (Å²) in [6, 6.07) is 14.6. The van der Waals surface area contributed by atoms with E-state index in [1.54, 1.807) is 24.1 Å². The van der Waals surface area contributed by atoms with Crippen LogP contribution in [0.25, 0.3) is 11.3 Å². The minimum absolute atomic E-state index is 0.00373. The number of nitrogens with two attached hydrogens (primary N) is 1. The van der Waals surface area contributed by atoms with Crippen molar-refractivity contribution in [3.8, 4) is 11.3 Å². The molecule has 0 fully saturated rings. The van der Waals surface area contributed by atoms with E-state index in [9.17, 15) is 9.59 Å². The van der Waals surface area contributed by atoms with Gasteiger partial charge in [-0.05, 0) is 38.0 Å². The number of rotatable bonds is 9. The molecule has 1 aromatic carbocycles. The molecule has 2 aromatic heterocycles. The molecule has 3 rings (SSSR count). The molecule has 0 unspecified atom stereocenters. The third-order valence-electron chi connectivity index (χ3n) is 5.08. The highest BCUT2D eigenvalue weighted by Gasteiger charge is 2.30. The first-order chi connectivity index (χ1) is 14.8. The normalized spacial score (nSPS) is 12.2. The number of nitrogens with zero attached hydrogens (tertiary/aromatic N) is 4. The Labute approximate surface area is 182 Å². The molecule has 162 valence electrons. The molecule has 2 heterocycles. The summed E-state index contributed by atoms with van der Waals surface area (Å²) in [5.41, 5.74) is 8.12. The molecule has 31 heavy (non-hydrogen) atoms. The molecular formula is C23H28N6O2. The lowest BCUT2D eigenvalue weighted by Crippen LogP contribution is -2.51. The number of aromatic nitrogens is 3. The van der Waals surface area contributed by atoms with Crippen molar-refractivity contribution in [3.05, 3.63) is 66.5 Å². The van der Waals surface area contributed by atoms with Crippen molar-refractivity contribution in [2.24, 2.45) is 12.8 Å². The van der Waals surface area contributed by atoms with Gasteiger partial charge in [-0.25, -0.2) is 0 Å². The van der Waals surface area contributed by atoms with E-state index in [0.717, 1.165) is 16.8 Å². The van der Waals surface area contributed by atoms with Crippen molar-refractivity contribution in [3.63, 3.8) is 0 Å². The molecule has 3 N–H and O–H groups in total. The van der Waals surface area contributed by atoms with Crippen molar-refractivity contribution >= 4 is 17.6 Å². The molecule has 0 bridgehead atoms. The summed E-state index contributed by atoms with van der Waals surface area (Å²) in [5, 5.41) is 7.47. The van der Waals surface area contributed by atoms with Crippen molar-refractivity contribution in [1.29, 1.82) is 0 Å². The summed E-state index contributed by atoms with van der Waals surface area (Å²) >= 11 is 0. The van der Waals surface area contributed by atoms with Crippen LogP contribution in [0.1, 0.15) is 19.4 Å². The maximum Gasteiger partial charge on any atom is 0.243 e. The number of pyridine rings is 1. The van der Waals surface area contributed by atoms with Gasteiger partial charge in [-0.2, -0.15) is 5.10 Å². The number of amides is 2. The summed E-state index contributed by atoms with van der Waals surface area (Å²) in [7, 11) is 1.77. The standard InChI is InChI=1S/C23H28N6O2/c1-16(2)29(15-21(24)30)20(13-17-7-5-4-6-8-17)23(31)26-22-14-19(27-28(22)3)18-9-11-25-12-10-18/h4-12,14,16,20H,13,15H2,1-3H3,(H2,24,30)(H,26,31)/t20-/m0/s1. The summed E-state index contributed by atoms with van der Waals surface area (Å²) in [5.74, 6) is -0.124. The largest absolute Gasteiger partial charge is 0.369 e. The van der Waals surface area contributed by atoms with Crippen LogP contribution in [0.2, 0.25) is 0 Å². The van der Waals surface area contributed by atoms with Crippen LogP contribution in [0.5, 0.6) is 0 Å². The topological polar surface area (TPSA) is 106 Å². The van der Waals surface area contributed by atoms with Gasteiger partial charge < -0.3 is 11.1 Å². The van der Waals surface area contributed by atoms with E-state index in [-0.39, 0.29) is 18.5 Å². The zero-order valence-corrected chi connectivity index (χ0v) is 18.0. The van der Waals surface area contributed by atoms with E-state index in [4.69, 9.17) is 5.73 Å². The minimum atomic E-state index is -0.575. The maximum absolute atomic E-state index is 13.4. The third-order valence-corrected chi connectivity index (χ3v) is 5.08. The Morgan fingerprint density at radius 1 is 1.13 bits per heavy atom. The molecule has 0 saturated heterocycles. The van der Waals surface area contributed by atoms with Crippen LogP contribution in [0.3, 0.4) is 0 Å². The first-order valence-corrected chi connectivity index (χ1v) is 10.2. The zero-order chi connectivity index (χ0) is 22.4. The second kappa shape index (κ2) is 9.99. The quantitative estimate of drug-likeness (QED) is 0.552. The lowest BCUT2D eigenvalue weighted by atomic mass is 10.0. The molecule has 0 radical (unpaired) electrons. The minimum Gasteiger partial charge on any atom is -0.369 e. The van der Waals surface area contributed by atoms with Crippen molar-refractivity contribution < 1.29 is 9.59 Å². The Morgan fingerprint density at radius 3 is 2.42 bits per heavy atom. The van der Waals surface area contributed by atoms with Crippen LogP contribution in [0.15, 0.2) is 60.9 Å².